The van der Waals surface area contributed by atoms with Gasteiger partial charge in [-0.15, -0.1) is 0 Å². The number of carbonyl (C=O) groups excluding carboxylic acids is 1. The van der Waals surface area contributed by atoms with Crippen LogP contribution in [0.1, 0.15) is 54.4 Å². The Labute approximate surface area is 184 Å². The van der Waals surface area contributed by atoms with E-state index in [9.17, 15) is 4.79 Å². The smallest absolute Gasteiger partial charge is 0.226 e. The molecule has 1 heterocycles. The summed E-state index contributed by atoms with van der Waals surface area (Å²) in [7, 11) is 0. The van der Waals surface area contributed by atoms with Gasteiger partial charge >= 0.3 is 0 Å². The summed E-state index contributed by atoms with van der Waals surface area (Å²) in [5.74, 6) is 0.370. The first-order valence-corrected chi connectivity index (χ1v) is 11.3. The number of aromatic nitrogens is 1. The molecule has 0 atom stereocenters. The van der Waals surface area contributed by atoms with Gasteiger partial charge in [-0.25, -0.2) is 4.98 Å². The van der Waals surface area contributed by atoms with Crippen molar-refractivity contribution in [3.8, 4) is 0 Å². The first-order chi connectivity index (χ1) is 14.5. The third kappa shape index (κ3) is 4.67. The van der Waals surface area contributed by atoms with Crippen LogP contribution >= 0.6 is 11.6 Å². The van der Waals surface area contributed by atoms with Gasteiger partial charge in [-0.2, -0.15) is 0 Å². The molecule has 30 heavy (non-hydrogen) atoms. The highest BCUT2D eigenvalue weighted by Gasteiger charge is 2.27. The van der Waals surface area contributed by atoms with Gasteiger partial charge in [-0.3, -0.25) is 4.79 Å². The van der Waals surface area contributed by atoms with Gasteiger partial charge in [0.05, 0.1) is 5.52 Å². The van der Waals surface area contributed by atoms with Crippen molar-refractivity contribution >= 4 is 28.4 Å². The van der Waals surface area contributed by atoms with Crippen molar-refractivity contribution in [3.63, 3.8) is 0 Å². The van der Waals surface area contributed by atoms with Crippen molar-refractivity contribution in [3.05, 3.63) is 75.9 Å². The first kappa shape index (κ1) is 20.9. The third-order valence-electron chi connectivity index (χ3n) is 6.12. The zero-order chi connectivity index (χ0) is 21.1. The molecule has 4 rings (SSSR count). The largest absolute Gasteiger partial charge is 0.334 e. The van der Waals surface area contributed by atoms with Crippen molar-refractivity contribution in [2.24, 2.45) is 5.92 Å². The molecule has 1 fully saturated rings. The topological polar surface area (TPSA) is 33.2 Å². The molecule has 156 valence electrons. The number of nitrogens with zero attached hydrogens (tertiary/aromatic N) is 2. The van der Waals surface area contributed by atoms with Crippen LogP contribution in [-0.4, -0.2) is 15.8 Å². The maximum atomic E-state index is 13.5. The molecular formula is C26H29ClN2O. The summed E-state index contributed by atoms with van der Waals surface area (Å²) in [6.07, 6.45) is 5.51. The highest BCUT2D eigenvalue weighted by Crippen LogP contribution is 2.29. The Bertz CT molecular complexity index is 1040. The lowest BCUT2D eigenvalue weighted by molar-refractivity contribution is -0.137. The van der Waals surface area contributed by atoms with E-state index in [1.165, 1.54) is 12.0 Å². The Morgan fingerprint density at radius 3 is 2.50 bits per heavy atom. The van der Waals surface area contributed by atoms with E-state index in [1.54, 1.807) is 0 Å². The molecular weight excluding hydrogens is 392 g/mol. The molecule has 0 saturated heterocycles. The second-order valence-corrected chi connectivity index (χ2v) is 8.96. The van der Waals surface area contributed by atoms with Gasteiger partial charge in [0.15, 0.2) is 0 Å². The second-order valence-electron chi connectivity index (χ2n) is 8.61. The van der Waals surface area contributed by atoms with Crippen LogP contribution in [0, 0.1) is 19.8 Å². The third-order valence-corrected chi connectivity index (χ3v) is 6.45. The SMILES string of the molecule is Cc1cc(C)c2nc(Cl)c(CN(Cc3ccccc3)C(=O)C3CCCCC3)cc2c1. The lowest BCUT2D eigenvalue weighted by Crippen LogP contribution is -2.36. The monoisotopic (exact) mass is 420 g/mol. The van der Waals surface area contributed by atoms with E-state index in [1.807, 2.05) is 23.1 Å². The highest BCUT2D eigenvalue weighted by atomic mass is 35.5. The van der Waals surface area contributed by atoms with Gasteiger partial charge in [0.1, 0.15) is 5.15 Å². The number of pyridine rings is 1. The normalized spacial score (nSPS) is 14.8. The molecule has 1 aliphatic carbocycles. The molecule has 1 amide bonds. The molecule has 3 nitrogen and oxygen atoms in total. The second kappa shape index (κ2) is 9.18. The van der Waals surface area contributed by atoms with Crippen molar-refractivity contribution in [2.75, 3.05) is 0 Å². The van der Waals surface area contributed by atoms with Crippen LogP contribution in [0.25, 0.3) is 10.9 Å². The molecule has 1 aromatic heterocycles. The van der Waals surface area contributed by atoms with Crippen LogP contribution in [-0.2, 0) is 17.9 Å². The predicted molar refractivity (Wildman–Crippen MR) is 123 cm³/mol. The summed E-state index contributed by atoms with van der Waals surface area (Å²) in [5, 5.41) is 1.57. The van der Waals surface area contributed by atoms with Crippen molar-refractivity contribution in [1.29, 1.82) is 0 Å². The minimum atomic E-state index is 0.124. The summed E-state index contributed by atoms with van der Waals surface area (Å²) < 4.78 is 0. The van der Waals surface area contributed by atoms with Crippen LogP contribution in [0.5, 0.6) is 0 Å². The molecule has 1 saturated carbocycles. The number of halogens is 1. The minimum absolute atomic E-state index is 0.124. The number of amides is 1. The van der Waals surface area contributed by atoms with Gasteiger partial charge in [0, 0.05) is 30.0 Å². The number of carbonyl (C=O) groups is 1. The van der Waals surface area contributed by atoms with Crippen molar-refractivity contribution < 1.29 is 4.79 Å². The summed E-state index contributed by atoms with van der Waals surface area (Å²) in [6.45, 7) is 5.23. The van der Waals surface area contributed by atoms with E-state index in [4.69, 9.17) is 11.6 Å². The van der Waals surface area contributed by atoms with Gasteiger partial charge in [0.25, 0.3) is 0 Å². The van der Waals surface area contributed by atoms with E-state index < -0.39 is 0 Å². The Morgan fingerprint density at radius 1 is 1.03 bits per heavy atom. The van der Waals surface area contributed by atoms with Crippen LogP contribution < -0.4 is 0 Å². The Hall–Kier alpha value is -2.39. The van der Waals surface area contributed by atoms with Crippen molar-refractivity contribution in [2.45, 2.75) is 59.0 Å². The number of aryl methyl sites for hydroxylation is 2. The molecule has 4 heteroatoms. The maximum absolute atomic E-state index is 13.5. The molecule has 0 N–H and O–H groups in total. The molecule has 0 bridgehead atoms. The summed E-state index contributed by atoms with van der Waals surface area (Å²) in [5.41, 5.74) is 5.31. The number of hydrogen-bond donors (Lipinski definition) is 0. The standard InChI is InChI=1S/C26H29ClN2O/c1-18-13-19(2)24-22(14-18)15-23(25(27)28-24)17-29(16-20-9-5-3-6-10-20)26(30)21-11-7-4-8-12-21/h3,5-6,9-10,13-15,21H,4,7-8,11-12,16-17H2,1-2H3. The van der Waals surface area contributed by atoms with E-state index in [2.05, 4.69) is 49.2 Å². The predicted octanol–water partition coefficient (Wildman–Crippen LogP) is 6.61. The van der Waals surface area contributed by atoms with Crippen LogP contribution in [0.2, 0.25) is 5.15 Å². The minimum Gasteiger partial charge on any atom is -0.334 e. The fourth-order valence-electron chi connectivity index (χ4n) is 4.61. The number of fused-ring (bicyclic) bond motifs is 1. The number of rotatable bonds is 5. The van der Waals surface area contributed by atoms with Gasteiger partial charge in [-0.05, 0) is 49.9 Å². The van der Waals surface area contributed by atoms with Gasteiger partial charge in [-0.1, -0.05) is 72.8 Å². The zero-order valence-corrected chi connectivity index (χ0v) is 18.6. The first-order valence-electron chi connectivity index (χ1n) is 10.9. The lowest BCUT2D eigenvalue weighted by Gasteiger charge is -2.30. The molecule has 0 aliphatic heterocycles. The molecule has 2 aromatic carbocycles. The highest BCUT2D eigenvalue weighted by molar-refractivity contribution is 6.30. The summed E-state index contributed by atoms with van der Waals surface area (Å²) >= 11 is 6.60. The quantitative estimate of drug-likeness (QED) is 0.435. The molecule has 0 unspecified atom stereocenters. The van der Waals surface area contributed by atoms with Crippen LogP contribution in [0.4, 0.5) is 0 Å². The van der Waals surface area contributed by atoms with Crippen LogP contribution in [0.15, 0.2) is 48.5 Å². The Balaban J connectivity index is 1.66. The molecule has 0 spiro atoms. The average Bonchev–Trinajstić information content (AvgIpc) is 2.75. The summed E-state index contributed by atoms with van der Waals surface area (Å²) in [6, 6.07) is 16.6. The summed E-state index contributed by atoms with van der Waals surface area (Å²) in [4.78, 5) is 20.1. The fourth-order valence-corrected chi connectivity index (χ4v) is 4.81. The zero-order valence-electron chi connectivity index (χ0n) is 17.8. The van der Waals surface area contributed by atoms with Crippen molar-refractivity contribution in [1.82, 2.24) is 9.88 Å². The average molecular weight is 421 g/mol. The Morgan fingerprint density at radius 2 is 1.77 bits per heavy atom. The van der Waals surface area contributed by atoms with E-state index in [0.717, 1.165) is 53.3 Å². The number of hydrogen-bond acceptors (Lipinski definition) is 2. The van der Waals surface area contributed by atoms with Gasteiger partial charge in [0.2, 0.25) is 5.91 Å². The van der Waals surface area contributed by atoms with E-state index in [-0.39, 0.29) is 11.8 Å². The Kier molecular flexibility index (Phi) is 6.38. The molecule has 0 radical (unpaired) electrons. The number of benzene rings is 2. The van der Waals surface area contributed by atoms with E-state index >= 15 is 0 Å². The van der Waals surface area contributed by atoms with Crippen LogP contribution in [0.3, 0.4) is 0 Å². The lowest BCUT2D eigenvalue weighted by atomic mass is 9.88. The maximum Gasteiger partial charge on any atom is 0.226 e. The van der Waals surface area contributed by atoms with E-state index in [0.29, 0.717) is 18.2 Å². The molecule has 3 aromatic rings. The fraction of sp³-hybridized carbons (Fsp3) is 0.385. The van der Waals surface area contributed by atoms with Gasteiger partial charge < -0.3 is 4.90 Å². The molecule has 1 aliphatic rings.